The van der Waals surface area contributed by atoms with Gasteiger partial charge in [-0.05, 0) is 68.2 Å². The van der Waals surface area contributed by atoms with E-state index in [1.54, 1.807) is 30.9 Å². The van der Waals surface area contributed by atoms with Crippen molar-refractivity contribution in [2.75, 3.05) is 26.4 Å². The number of hydrogen-bond donors (Lipinski definition) is 3. The van der Waals surface area contributed by atoms with Crippen LogP contribution in [-0.2, 0) is 23.9 Å². The zero-order chi connectivity index (χ0) is 34.0. The number of carbonyl (C=O) groups is 4. The van der Waals surface area contributed by atoms with Gasteiger partial charge < -0.3 is 30.1 Å². The van der Waals surface area contributed by atoms with E-state index >= 15 is 0 Å². The smallest absolute Gasteiger partial charge is 0.407 e. The molecule has 0 radical (unpaired) electrons. The Morgan fingerprint density at radius 1 is 1.02 bits per heavy atom. The first-order valence-corrected chi connectivity index (χ1v) is 16.3. The number of amides is 3. The number of esters is 1. The molecule has 252 valence electrons. The van der Waals surface area contributed by atoms with Crippen molar-refractivity contribution in [1.29, 1.82) is 0 Å². The van der Waals surface area contributed by atoms with Crippen LogP contribution in [0.15, 0.2) is 73.8 Å². The molecule has 0 bridgehead atoms. The summed E-state index contributed by atoms with van der Waals surface area (Å²) in [7, 11) is 0. The molecule has 4 rings (SSSR count). The number of aliphatic hydroxyl groups is 1. The molecule has 1 aliphatic heterocycles. The molecule has 0 spiro atoms. The molecule has 0 saturated carbocycles. The molecule has 0 aromatic heterocycles. The Morgan fingerprint density at radius 3 is 2.30 bits per heavy atom. The van der Waals surface area contributed by atoms with Gasteiger partial charge in [0.2, 0.25) is 11.8 Å². The number of likely N-dealkylation sites (tertiary alicyclic amines) is 1. The number of alkyl carbamates (subject to hydrolysis) is 1. The highest BCUT2D eigenvalue weighted by atomic mass is 16.6. The molecule has 2 aromatic rings. The Balaban J connectivity index is 1.31. The minimum atomic E-state index is -0.985. The topological polar surface area (TPSA) is 134 Å². The Morgan fingerprint density at radius 2 is 1.68 bits per heavy atom. The molecule has 2 aromatic carbocycles. The van der Waals surface area contributed by atoms with Crippen molar-refractivity contribution in [3.63, 3.8) is 0 Å². The van der Waals surface area contributed by atoms with Gasteiger partial charge in [-0.15, -0.1) is 13.2 Å². The zero-order valence-corrected chi connectivity index (χ0v) is 27.4. The minimum Gasteiger partial charge on any atom is -0.462 e. The van der Waals surface area contributed by atoms with Crippen LogP contribution in [0, 0.1) is 5.92 Å². The summed E-state index contributed by atoms with van der Waals surface area (Å²) in [5.41, 5.74) is 3.42. The number of carbonyl (C=O) groups excluding carboxylic acids is 4. The molecular weight excluding hydrogens is 598 g/mol. The lowest BCUT2D eigenvalue weighted by atomic mass is 9.97. The number of nitrogens with zero attached hydrogens (tertiary/aromatic N) is 1. The number of allylic oxidation sites excluding steroid dienone is 2. The third-order valence-corrected chi connectivity index (χ3v) is 8.77. The van der Waals surface area contributed by atoms with E-state index in [9.17, 15) is 24.3 Å². The first-order valence-electron chi connectivity index (χ1n) is 16.3. The van der Waals surface area contributed by atoms with Crippen molar-refractivity contribution < 1.29 is 33.8 Å². The maximum Gasteiger partial charge on any atom is 0.407 e. The number of rotatable bonds is 16. The van der Waals surface area contributed by atoms with Crippen LogP contribution in [0.2, 0.25) is 0 Å². The number of nitrogens with one attached hydrogen (secondary N) is 2. The van der Waals surface area contributed by atoms with Crippen LogP contribution in [0.1, 0.15) is 69.4 Å². The highest BCUT2D eigenvalue weighted by Gasteiger charge is 2.34. The van der Waals surface area contributed by atoms with Gasteiger partial charge in [-0.2, -0.15) is 0 Å². The van der Waals surface area contributed by atoms with E-state index in [0.29, 0.717) is 19.4 Å². The Bertz CT molecular complexity index is 1410. The summed E-state index contributed by atoms with van der Waals surface area (Å²) in [5.74, 6) is -1.99. The second-order valence-corrected chi connectivity index (χ2v) is 12.9. The molecule has 2 aliphatic rings. The Labute approximate surface area is 277 Å². The van der Waals surface area contributed by atoms with E-state index in [0.717, 1.165) is 35.1 Å². The summed E-state index contributed by atoms with van der Waals surface area (Å²) in [6, 6.07) is 14.9. The van der Waals surface area contributed by atoms with E-state index in [4.69, 9.17) is 9.47 Å². The SMILES string of the molecule is C=CCCC(NC(=O)OCC1c2ccccc2-c2ccccc21)C(=O)OCC(C)(C)NC(=O)C(CC=C)CC(=O)N1CCCC1CO. The molecule has 10 nitrogen and oxygen atoms in total. The lowest BCUT2D eigenvalue weighted by Crippen LogP contribution is -2.51. The van der Waals surface area contributed by atoms with Crippen LogP contribution in [-0.4, -0.2) is 77.9 Å². The summed E-state index contributed by atoms with van der Waals surface area (Å²) in [4.78, 5) is 53.9. The summed E-state index contributed by atoms with van der Waals surface area (Å²) in [6.45, 7) is 11.3. The molecule has 1 heterocycles. The number of aliphatic hydroxyl groups excluding tert-OH is 1. The van der Waals surface area contributed by atoms with E-state index < -0.39 is 29.6 Å². The van der Waals surface area contributed by atoms with E-state index in [1.165, 1.54) is 0 Å². The first kappa shape index (κ1) is 35.4. The molecule has 1 saturated heterocycles. The lowest BCUT2D eigenvalue weighted by Gasteiger charge is -2.30. The monoisotopic (exact) mass is 645 g/mol. The average molecular weight is 646 g/mol. The van der Waals surface area contributed by atoms with Gasteiger partial charge in [0, 0.05) is 18.9 Å². The maximum atomic E-state index is 13.2. The molecular formula is C37H47N3O7. The molecule has 3 amide bonds. The van der Waals surface area contributed by atoms with Gasteiger partial charge in [-0.25, -0.2) is 9.59 Å². The lowest BCUT2D eigenvalue weighted by molar-refractivity contribution is -0.149. The quantitative estimate of drug-likeness (QED) is 0.175. The summed E-state index contributed by atoms with van der Waals surface area (Å²) in [5, 5.41) is 15.1. The van der Waals surface area contributed by atoms with Gasteiger partial charge >= 0.3 is 12.1 Å². The average Bonchev–Trinajstić information content (AvgIpc) is 3.67. The van der Waals surface area contributed by atoms with Gasteiger partial charge in [0.05, 0.1) is 24.1 Å². The molecule has 10 heteroatoms. The molecule has 3 N–H and O–H groups in total. The van der Waals surface area contributed by atoms with Crippen molar-refractivity contribution in [1.82, 2.24) is 15.5 Å². The number of fused-ring (bicyclic) bond motifs is 3. The molecule has 47 heavy (non-hydrogen) atoms. The first-order chi connectivity index (χ1) is 22.6. The fraction of sp³-hybridized carbons (Fsp3) is 0.459. The Hall–Kier alpha value is -4.44. The predicted octanol–water partition coefficient (Wildman–Crippen LogP) is 4.86. The number of benzene rings is 2. The van der Waals surface area contributed by atoms with Crippen molar-refractivity contribution in [2.24, 2.45) is 5.92 Å². The highest BCUT2D eigenvalue weighted by molar-refractivity contribution is 5.87. The van der Waals surface area contributed by atoms with Crippen LogP contribution < -0.4 is 10.6 Å². The van der Waals surface area contributed by atoms with Gasteiger partial charge in [0.15, 0.2) is 0 Å². The third-order valence-electron chi connectivity index (χ3n) is 8.77. The van der Waals surface area contributed by atoms with E-state index in [-0.39, 0.29) is 56.4 Å². The largest absolute Gasteiger partial charge is 0.462 e. The highest BCUT2D eigenvalue weighted by Crippen LogP contribution is 2.44. The van der Waals surface area contributed by atoms with E-state index in [2.05, 4.69) is 35.9 Å². The van der Waals surface area contributed by atoms with Gasteiger partial charge in [-0.3, -0.25) is 9.59 Å². The molecule has 1 aliphatic carbocycles. The van der Waals surface area contributed by atoms with Gasteiger partial charge in [-0.1, -0.05) is 60.7 Å². The molecule has 1 fully saturated rings. The Kier molecular flexibility index (Phi) is 12.4. The fourth-order valence-electron chi connectivity index (χ4n) is 6.31. The van der Waals surface area contributed by atoms with Crippen molar-refractivity contribution in [3.05, 3.63) is 85.0 Å². The van der Waals surface area contributed by atoms with Crippen LogP contribution in [0.25, 0.3) is 11.1 Å². The van der Waals surface area contributed by atoms with Crippen LogP contribution >= 0.6 is 0 Å². The second-order valence-electron chi connectivity index (χ2n) is 12.9. The zero-order valence-electron chi connectivity index (χ0n) is 27.4. The van der Waals surface area contributed by atoms with Crippen LogP contribution in [0.5, 0.6) is 0 Å². The van der Waals surface area contributed by atoms with Crippen LogP contribution in [0.3, 0.4) is 0 Å². The van der Waals surface area contributed by atoms with Crippen molar-refractivity contribution >= 4 is 23.9 Å². The predicted molar refractivity (Wildman–Crippen MR) is 179 cm³/mol. The van der Waals surface area contributed by atoms with Crippen LogP contribution in [0.4, 0.5) is 4.79 Å². The van der Waals surface area contributed by atoms with Crippen molar-refractivity contribution in [2.45, 2.75) is 75.9 Å². The molecule has 3 atom stereocenters. The molecule has 3 unspecified atom stereocenters. The standard InChI is InChI=1S/C37H47N3O7/c1-5-7-19-32(38-36(45)46-23-31-29-17-10-8-15-27(29)28-16-9-11-18-30(28)31)35(44)47-24-37(3,4)39-34(43)25(13-6-2)21-33(42)40-20-12-14-26(40)22-41/h5-6,8-11,15-18,25-26,31-32,41H,1-2,7,12-14,19-24H2,3-4H3,(H,38,45)(H,39,43). The summed E-state index contributed by atoms with van der Waals surface area (Å²) < 4.78 is 11.2. The summed E-state index contributed by atoms with van der Waals surface area (Å²) in [6.07, 6.45) is 5.05. The fourth-order valence-corrected chi connectivity index (χ4v) is 6.31. The number of ether oxygens (including phenoxy) is 2. The van der Waals surface area contributed by atoms with E-state index in [1.807, 2.05) is 36.4 Å². The second kappa shape index (κ2) is 16.4. The third kappa shape index (κ3) is 9.10. The summed E-state index contributed by atoms with van der Waals surface area (Å²) >= 11 is 0. The van der Waals surface area contributed by atoms with Crippen molar-refractivity contribution in [3.8, 4) is 11.1 Å². The normalized spacial score (nSPS) is 16.7. The minimum absolute atomic E-state index is 0.0160. The van der Waals surface area contributed by atoms with Gasteiger partial charge in [0.25, 0.3) is 0 Å². The maximum absolute atomic E-state index is 13.2. The number of hydrogen-bond acceptors (Lipinski definition) is 7. The van der Waals surface area contributed by atoms with Gasteiger partial charge in [0.1, 0.15) is 19.3 Å².